The second-order valence-electron chi connectivity index (χ2n) is 4.41. The number of hydrogen-bond acceptors (Lipinski definition) is 4. The lowest BCUT2D eigenvalue weighted by Gasteiger charge is -2.24. The molecule has 0 spiro atoms. The molecule has 2 N–H and O–H groups in total. The lowest BCUT2D eigenvalue weighted by atomic mass is 10.0. The molecule has 0 aliphatic heterocycles. The van der Waals surface area contributed by atoms with Gasteiger partial charge in [-0.05, 0) is 13.8 Å². The number of carboxylic acid groups (broad SMARTS) is 1. The highest BCUT2D eigenvalue weighted by Crippen LogP contribution is 2.08. The van der Waals surface area contributed by atoms with Gasteiger partial charge in [-0.3, -0.25) is 14.3 Å². The normalized spacial score (nSPS) is 11.2. The first kappa shape index (κ1) is 13.1. The molecule has 1 aromatic heterocycles. The van der Waals surface area contributed by atoms with Gasteiger partial charge in [0.1, 0.15) is 12.7 Å². The molecule has 0 saturated heterocycles. The monoisotopic (exact) mass is 240 g/mol. The smallest absolute Gasteiger partial charge is 0.305 e. The quantitative estimate of drug-likeness (QED) is 0.731. The van der Waals surface area contributed by atoms with E-state index >= 15 is 0 Å². The molecule has 0 aromatic carbocycles. The third kappa shape index (κ3) is 5.10. The van der Waals surface area contributed by atoms with Gasteiger partial charge in [0.2, 0.25) is 5.91 Å². The molecule has 1 amide bonds. The zero-order chi connectivity index (χ0) is 12.9. The summed E-state index contributed by atoms with van der Waals surface area (Å²) in [4.78, 5) is 25.9. The molecule has 1 aromatic rings. The van der Waals surface area contributed by atoms with Crippen molar-refractivity contribution in [3.8, 4) is 0 Å². The molecule has 0 unspecified atom stereocenters. The summed E-state index contributed by atoms with van der Waals surface area (Å²) < 4.78 is 1.55. The zero-order valence-electron chi connectivity index (χ0n) is 9.88. The predicted octanol–water partition coefficient (Wildman–Crippen LogP) is 0.0377. The number of rotatable bonds is 6. The maximum Gasteiger partial charge on any atom is 0.305 e. The van der Waals surface area contributed by atoms with Gasteiger partial charge < -0.3 is 10.4 Å². The van der Waals surface area contributed by atoms with Crippen molar-refractivity contribution in [3.05, 3.63) is 12.7 Å². The van der Waals surface area contributed by atoms with E-state index in [4.69, 9.17) is 5.11 Å². The average molecular weight is 240 g/mol. The topological polar surface area (TPSA) is 97.1 Å². The minimum absolute atomic E-state index is 0.109. The Morgan fingerprint density at radius 3 is 2.71 bits per heavy atom. The Kier molecular flexibility index (Phi) is 4.19. The molecule has 1 heterocycles. The molecule has 1 rings (SSSR count). The summed E-state index contributed by atoms with van der Waals surface area (Å²) in [6, 6.07) is 0. The summed E-state index contributed by atoms with van der Waals surface area (Å²) in [5.74, 6) is -1.14. The molecule has 0 atom stereocenters. The number of hydrogen-bond donors (Lipinski definition) is 2. The van der Waals surface area contributed by atoms with Crippen LogP contribution in [-0.4, -0.2) is 37.3 Å². The first-order chi connectivity index (χ1) is 7.89. The molecule has 17 heavy (non-hydrogen) atoms. The van der Waals surface area contributed by atoms with Gasteiger partial charge in [-0.2, -0.15) is 5.10 Å². The number of carbonyl (C=O) groups excluding carboxylic acids is 1. The highest BCUT2D eigenvalue weighted by atomic mass is 16.4. The van der Waals surface area contributed by atoms with Crippen LogP contribution in [0, 0.1) is 0 Å². The SMILES string of the molecule is CC(C)(CC(=O)O)NC(=O)CCn1cncn1. The Labute approximate surface area is 98.8 Å². The number of aromatic nitrogens is 3. The van der Waals surface area contributed by atoms with Crippen molar-refractivity contribution in [2.24, 2.45) is 0 Å². The van der Waals surface area contributed by atoms with Crippen molar-refractivity contribution < 1.29 is 14.7 Å². The van der Waals surface area contributed by atoms with E-state index in [0.717, 1.165) is 0 Å². The van der Waals surface area contributed by atoms with Crippen molar-refractivity contribution >= 4 is 11.9 Å². The largest absolute Gasteiger partial charge is 0.481 e. The summed E-state index contributed by atoms with van der Waals surface area (Å²) in [6.45, 7) is 3.78. The van der Waals surface area contributed by atoms with Gasteiger partial charge in [-0.1, -0.05) is 0 Å². The fourth-order valence-electron chi connectivity index (χ4n) is 1.43. The summed E-state index contributed by atoms with van der Waals surface area (Å²) in [7, 11) is 0. The highest BCUT2D eigenvalue weighted by Gasteiger charge is 2.23. The van der Waals surface area contributed by atoms with Gasteiger partial charge >= 0.3 is 5.97 Å². The summed E-state index contributed by atoms with van der Waals surface area (Å²) in [6.07, 6.45) is 3.05. The van der Waals surface area contributed by atoms with E-state index in [0.29, 0.717) is 6.54 Å². The second-order valence-corrected chi connectivity index (χ2v) is 4.41. The molecule has 0 aliphatic rings. The van der Waals surface area contributed by atoms with Crippen molar-refractivity contribution in [1.82, 2.24) is 20.1 Å². The fourth-order valence-corrected chi connectivity index (χ4v) is 1.43. The van der Waals surface area contributed by atoms with E-state index in [1.165, 1.54) is 12.7 Å². The lowest BCUT2D eigenvalue weighted by molar-refractivity contribution is -0.138. The maximum absolute atomic E-state index is 11.6. The van der Waals surface area contributed by atoms with Gasteiger partial charge in [0.25, 0.3) is 0 Å². The lowest BCUT2D eigenvalue weighted by Crippen LogP contribution is -2.45. The number of aryl methyl sites for hydroxylation is 1. The summed E-state index contributed by atoms with van der Waals surface area (Å²) in [5.41, 5.74) is -0.745. The molecule has 0 fully saturated rings. The fraction of sp³-hybridized carbons (Fsp3) is 0.600. The van der Waals surface area contributed by atoms with Gasteiger partial charge in [0.15, 0.2) is 0 Å². The Morgan fingerprint density at radius 1 is 1.47 bits per heavy atom. The van der Waals surface area contributed by atoms with E-state index in [1.807, 2.05) is 0 Å². The van der Waals surface area contributed by atoms with Crippen molar-refractivity contribution in [1.29, 1.82) is 0 Å². The molecular formula is C10H16N4O3. The Bertz CT molecular complexity index is 386. The average Bonchev–Trinajstić information content (AvgIpc) is 2.63. The van der Waals surface area contributed by atoms with E-state index in [2.05, 4.69) is 15.4 Å². The van der Waals surface area contributed by atoms with E-state index in [-0.39, 0.29) is 18.7 Å². The van der Waals surface area contributed by atoms with Crippen LogP contribution in [-0.2, 0) is 16.1 Å². The minimum Gasteiger partial charge on any atom is -0.481 e. The maximum atomic E-state index is 11.6. The number of aliphatic carboxylic acids is 1. The molecule has 0 radical (unpaired) electrons. The number of carboxylic acids is 1. The Morgan fingerprint density at radius 2 is 2.18 bits per heavy atom. The van der Waals surface area contributed by atoms with Gasteiger partial charge in [-0.15, -0.1) is 0 Å². The molecule has 7 heteroatoms. The molecule has 0 bridgehead atoms. The first-order valence-corrected chi connectivity index (χ1v) is 5.24. The number of amides is 1. The second kappa shape index (κ2) is 5.42. The van der Waals surface area contributed by atoms with Crippen LogP contribution in [0.4, 0.5) is 0 Å². The molecular weight excluding hydrogens is 224 g/mol. The highest BCUT2D eigenvalue weighted by molar-refractivity contribution is 5.78. The third-order valence-electron chi connectivity index (χ3n) is 2.11. The van der Waals surface area contributed by atoms with Crippen LogP contribution in [0.25, 0.3) is 0 Å². The zero-order valence-corrected chi connectivity index (χ0v) is 9.88. The number of nitrogens with one attached hydrogen (secondary N) is 1. The Hall–Kier alpha value is -1.92. The van der Waals surface area contributed by atoms with Crippen LogP contribution in [0.5, 0.6) is 0 Å². The van der Waals surface area contributed by atoms with Gasteiger partial charge in [0.05, 0.1) is 13.0 Å². The minimum atomic E-state index is -0.938. The molecule has 94 valence electrons. The van der Waals surface area contributed by atoms with Crippen LogP contribution >= 0.6 is 0 Å². The van der Waals surface area contributed by atoms with Crippen molar-refractivity contribution in [2.75, 3.05) is 0 Å². The predicted molar refractivity (Wildman–Crippen MR) is 59.1 cm³/mol. The molecule has 0 aliphatic carbocycles. The van der Waals surface area contributed by atoms with Gasteiger partial charge in [0, 0.05) is 12.0 Å². The third-order valence-corrected chi connectivity index (χ3v) is 2.11. The number of carbonyl (C=O) groups is 2. The van der Waals surface area contributed by atoms with E-state index in [1.54, 1.807) is 18.5 Å². The van der Waals surface area contributed by atoms with Crippen LogP contribution < -0.4 is 5.32 Å². The number of nitrogens with zero attached hydrogens (tertiary/aromatic N) is 3. The first-order valence-electron chi connectivity index (χ1n) is 5.24. The van der Waals surface area contributed by atoms with Gasteiger partial charge in [-0.25, -0.2) is 4.98 Å². The van der Waals surface area contributed by atoms with Crippen molar-refractivity contribution in [3.63, 3.8) is 0 Å². The van der Waals surface area contributed by atoms with E-state index < -0.39 is 11.5 Å². The van der Waals surface area contributed by atoms with Crippen LogP contribution in [0.3, 0.4) is 0 Å². The summed E-state index contributed by atoms with van der Waals surface area (Å²) in [5, 5.41) is 15.2. The summed E-state index contributed by atoms with van der Waals surface area (Å²) >= 11 is 0. The van der Waals surface area contributed by atoms with Crippen LogP contribution in [0.1, 0.15) is 26.7 Å². The molecule has 7 nitrogen and oxygen atoms in total. The van der Waals surface area contributed by atoms with Crippen LogP contribution in [0.2, 0.25) is 0 Å². The van der Waals surface area contributed by atoms with Crippen LogP contribution in [0.15, 0.2) is 12.7 Å². The standard InChI is InChI=1S/C10H16N4O3/c1-10(2,5-9(16)17)13-8(15)3-4-14-7-11-6-12-14/h6-7H,3-5H2,1-2H3,(H,13,15)(H,16,17). The van der Waals surface area contributed by atoms with Crippen molar-refractivity contribution in [2.45, 2.75) is 38.8 Å². The van der Waals surface area contributed by atoms with E-state index in [9.17, 15) is 9.59 Å². The molecule has 0 saturated carbocycles. The Balaban J connectivity index is 2.36.